The number of hydrogen-bond donors (Lipinski definition) is 1. The van der Waals surface area contributed by atoms with Gasteiger partial charge in [0.1, 0.15) is 0 Å². The standard InChI is InChI=1S/C14H18O3S/c1-17-7-6-12(14(15)16)10-4-5-13-11(9-10)3-2-8-18-13/h4-5,9,12H,2-3,6-8H2,1H3,(H,15,16). The van der Waals surface area contributed by atoms with E-state index in [0.29, 0.717) is 13.0 Å². The van der Waals surface area contributed by atoms with E-state index in [1.54, 1.807) is 7.11 Å². The van der Waals surface area contributed by atoms with Gasteiger partial charge in [0.2, 0.25) is 0 Å². The van der Waals surface area contributed by atoms with Crippen LogP contribution in [0, 0.1) is 0 Å². The molecule has 0 amide bonds. The fraction of sp³-hybridized carbons (Fsp3) is 0.500. The molecule has 98 valence electrons. The zero-order valence-electron chi connectivity index (χ0n) is 10.5. The molecular weight excluding hydrogens is 248 g/mol. The van der Waals surface area contributed by atoms with Gasteiger partial charge in [0.15, 0.2) is 0 Å². The van der Waals surface area contributed by atoms with Gasteiger partial charge < -0.3 is 9.84 Å². The molecule has 0 saturated carbocycles. The molecule has 1 atom stereocenters. The highest BCUT2D eigenvalue weighted by Gasteiger charge is 2.21. The lowest BCUT2D eigenvalue weighted by Crippen LogP contribution is -2.14. The molecule has 0 fully saturated rings. The molecule has 18 heavy (non-hydrogen) atoms. The number of aliphatic carboxylic acids is 1. The third-order valence-electron chi connectivity index (χ3n) is 3.24. The molecule has 0 radical (unpaired) electrons. The number of rotatable bonds is 5. The Morgan fingerprint density at radius 1 is 1.56 bits per heavy atom. The molecule has 0 saturated heterocycles. The number of methoxy groups -OCH3 is 1. The number of carbonyl (C=O) groups is 1. The average Bonchev–Trinajstić information content (AvgIpc) is 2.38. The minimum atomic E-state index is -0.768. The second kappa shape index (κ2) is 6.25. The van der Waals surface area contributed by atoms with Crippen molar-refractivity contribution in [2.75, 3.05) is 19.5 Å². The van der Waals surface area contributed by atoms with Crippen LogP contribution in [0.3, 0.4) is 0 Å². The van der Waals surface area contributed by atoms with Crippen molar-refractivity contribution in [2.24, 2.45) is 0 Å². The molecule has 0 spiro atoms. The smallest absolute Gasteiger partial charge is 0.311 e. The number of benzene rings is 1. The predicted octanol–water partition coefficient (Wildman–Crippen LogP) is 2.93. The molecule has 1 N–H and O–H groups in total. The second-order valence-corrected chi connectivity index (χ2v) is 5.63. The van der Waals surface area contributed by atoms with Crippen LogP contribution in [-0.2, 0) is 16.0 Å². The molecule has 1 aromatic rings. The van der Waals surface area contributed by atoms with Gasteiger partial charge in [0.25, 0.3) is 0 Å². The first-order chi connectivity index (χ1) is 8.72. The molecule has 0 aliphatic carbocycles. The van der Waals surface area contributed by atoms with Gasteiger partial charge in [0.05, 0.1) is 5.92 Å². The molecule has 1 unspecified atom stereocenters. The molecular formula is C14H18O3S. The fourth-order valence-electron chi connectivity index (χ4n) is 2.27. The Morgan fingerprint density at radius 2 is 2.39 bits per heavy atom. The monoisotopic (exact) mass is 266 g/mol. The van der Waals surface area contributed by atoms with Crippen LogP contribution in [0.1, 0.15) is 29.9 Å². The summed E-state index contributed by atoms with van der Waals surface area (Å²) in [7, 11) is 1.60. The van der Waals surface area contributed by atoms with Crippen LogP contribution in [0.2, 0.25) is 0 Å². The Labute approximate surface area is 112 Å². The van der Waals surface area contributed by atoms with Gasteiger partial charge in [-0.15, -0.1) is 11.8 Å². The van der Waals surface area contributed by atoms with Gasteiger partial charge in [-0.05, 0) is 42.2 Å². The normalized spacial score (nSPS) is 16.1. The quantitative estimate of drug-likeness (QED) is 0.890. The molecule has 1 aliphatic rings. The van der Waals surface area contributed by atoms with Crippen LogP contribution in [0.25, 0.3) is 0 Å². The van der Waals surface area contributed by atoms with Crippen molar-refractivity contribution in [3.05, 3.63) is 29.3 Å². The number of hydrogen-bond acceptors (Lipinski definition) is 3. The lowest BCUT2D eigenvalue weighted by molar-refractivity contribution is -0.139. The molecule has 1 aromatic carbocycles. The maximum Gasteiger partial charge on any atom is 0.311 e. The van der Waals surface area contributed by atoms with E-state index >= 15 is 0 Å². The van der Waals surface area contributed by atoms with E-state index in [9.17, 15) is 9.90 Å². The summed E-state index contributed by atoms with van der Waals surface area (Å²) in [5.41, 5.74) is 2.20. The van der Waals surface area contributed by atoms with Gasteiger partial charge in [-0.2, -0.15) is 0 Å². The maximum atomic E-state index is 11.3. The Balaban J connectivity index is 2.22. The van der Waals surface area contributed by atoms with E-state index in [-0.39, 0.29) is 0 Å². The van der Waals surface area contributed by atoms with Gasteiger partial charge in [-0.3, -0.25) is 4.79 Å². The SMILES string of the molecule is COCCC(C(=O)O)c1ccc2c(c1)CCCS2. The maximum absolute atomic E-state index is 11.3. The van der Waals surface area contributed by atoms with E-state index in [1.165, 1.54) is 22.6 Å². The number of thioether (sulfide) groups is 1. The number of ether oxygens (including phenoxy) is 1. The first-order valence-electron chi connectivity index (χ1n) is 6.19. The molecule has 1 aliphatic heterocycles. The van der Waals surface area contributed by atoms with E-state index in [0.717, 1.165) is 12.0 Å². The molecule has 4 heteroatoms. The number of aryl methyl sites for hydroxylation is 1. The van der Waals surface area contributed by atoms with Crippen LogP contribution >= 0.6 is 11.8 Å². The predicted molar refractivity (Wildman–Crippen MR) is 72.4 cm³/mol. The molecule has 2 rings (SSSR count). The minimum Gasteiger partial charge on any atom is -0.481 e. The Kier molecular flexibility index (Phi) is 4.66. The number of carboxylic acids is 1. The Hall–Kier alpha value is -1.00. The lowest BCUT2D eigenvalue weighted by atomic mass is 9.93. The lowest BCUT2D eigenvalue weighted by Gasteiger charge is -2.18. The van der Waals surface area contributed by atoms with Crippen LogP contribution in [0.15, 0.2) is 23.1 Å². The Bertz CT molecular complexity index is 431. The molecule has 0 bridgehead atoms. The minimum absolute atomic E-state index is 0.456. The first kappa shape index (κ1) is 13.4. The van der Waals surface area contributed by atoms with E-state index in [2.05, 4.69) is 12.1 Å². The second-order valence-electron chi connectivity index (χ2n) is 4.49. The highest BCUT2D eigenvalue weighted by Crippen LogP contribution is 2.32. The number of fused-ring (bicyclic) bond motifs is 1. The van der Waals surface area contributed by atoms with Crippen molar-refractivity contribution in [2.45, 2.75) is 30.1 Å². The van der Waals surface area contributed by atoms with Crippen LogP contribution < -0.4 is 0 Å². The van der Waals surface area contributed by atoms with Gasteiger partial charge >= 0.3 is 5.97 Å². The van der Waals surface area contributed by atoms with Crippen LogP contribution in [0.5, 0.6) is 0 Å². The van der Waals surface area contributed by atoms with Gasteiger partial charge in [0, 0.05) is 18.6 Å². The van der Waals surface area contributed by atoms with Crippen LogP contribution in [-0.4, -0.2) is 30.5 Å². The highest BCUT2D eigenvalue weighted by molar-refractivity contribution is 7.99. The number of carboxylic acid groups (broad SMARTS) is 1. The fourth-order valence-corrected chi connectivity index (χ4v) is 3.28. The van der Waals surface area contributed by atoms with Crippen molar-refractivity contribution in [3.63, 3.8) is 0 Å². The summed E-state index contributed by atoms with van der Waals surface area (Å²) in [5.74, 6) is -0.0593. The van der Waals surface area contributed by atoms with Crippen molar-refractivity contribution in [1.82, 2.24) is 0 Å². The molecule has 1 heterocycles. The summed E-state index contributed by atoms with van der Waals surface area (Å²) in [6, 6.07) is 6.08. The third-order valence-corrected chi connectivity index (χ3v) is 4.45. The van der Waals surface area contributed by atoms with Crippen molar-refractivity contribution in [1.29, 1.82) is 0 Å². The molecule has 0 aromatic heterocycles. The highest BCUT2D eigenvalue weighted by atomic mass is 32.2. The zero-order valence-corrected chi connectivity index (χ0v) is 11.3. The third kappa shape index (κ3) is 3.06. The largest absolute Gasteiger partial charge is 0.481 e. The van der Waals surface area contributed by atoms with E-state index < -0.39 is 11.9 Å². The average molecular weight is 266 g/mol. The summed E-state index contributed by atoms with van der Waals surface area (Å²) in [4.78, 5) is 12.6. The van der Waals surface area contributed by atoms with Crippen LogP contribution in [0.4, 0.5) is 0 Å². The van der Waals surface area contributed by atoms with Gasteiger partial charge in [-0.1, -0.05) is 12.1 Å². The van der Waals surface area contributed by atoms with E-state index in [1.807, 2.05) is 17.8 Å². The van der Waals surface area contributed by atoms with Crippen molar-refractivity contribution >= 4 is 17.7 Å². The summed E-state index contributed by atoms with van der Waals surface area (Å²) >= 11 is 1.86. The van der Waals surface area contributed by atoms with Crippen molar-refractivity contribution < 1.29 is 14.6 Å². The summed E-state index contributed by atoms with van der Waals surface area (Å²) in [5, 5.41) is 9.30. The van der Waals surface area contributed by atoms with Crippen molar-refractivity contribution in [3.8, 4) is 0 Å². The summed E-state index contributed by atoms with van der Waals surface area (Å²) < 4.78 is 4.99. The summed E-state index contributed by atoms with van der Waals surface area (Å²) in [6.07, 6.45) is 2.77. The topological polar surface area (TPSA) is 46.5 Å². The molecule has 3 nitrogen and oxygen atoms in total. The summed E-state index contributed by atoms with van der Waals surface area (Å²) in [6.45, 7) is 0.475. The van der Waals surface area contributed by atoms with Gasteiger partial charge in [-0.25, -0.2) is 0 Å². The first-order valence-corrected chi connectivity index (χ1v) is 7.18. The van der Waals surface area contributed by atoms with E-state index in [4.69, 9.17) is 4.74 Å². The Morgan fingerprint density at radius 3 is 3.11 bits per heavy atom. The zero-order chi connectivity index (χ0) is 13.0.